The summed E-state index contributed by atoms with van der Waals surface area (Å²) in [6.07, 6.45) is 5.14. The van der Waals surface area contributed by atoms with Gasteiger partial charge in [0.05, 0.1) is 6.33 Å². The van der Waals surface area contributed by atoms with E-state index in [0.29, 0.717) is 11.7 Å². The van der Waals surface area contributed by atoms with Gasteiger partial charge >= 0.3 is 0 Å². The molecule has 2 aliphatic rings. The van der Waals surface area contributed by atoms with E-state index >= 15 is 0 Å². The molecule has 0 unspecified atom stereocenters. The van der Waals surface area contributed by atoms with Crippen molar-refractivity contribution in [2.45, 2.75) is 32.2 Å². The Morgan fingerprint density at radius 1 is 1.17 bits per heavy atom. The van der Waals surface area contributed by atoms with Crippen LogP contribution in [-0.4, -0.2) is 57.9 Å². The summed E-state index contributed by atoms with van der Waals surface area (Å²) in [7, 11) is 0. The predicted octanol–water partition coefficient (Wildman–Crippen LogP) is 2.03. The third-order valence-corrected chi connectivity index (χ3v) is 5.47. The molecule has 1 fully saturated rings. The van der Waals surface area contributed by atoms with Crippen LogP contribution in [-0.2, 0) is 12.8 Å². The van der Waals surface area contributed by atoms with Crippen LogP contribution >= 0.6 is 0 Å². The van der Waals surface area contributed by atoms with E-state index < -0.39 is 0 Å². The summed E-state index contributed by atoms with van der Waals surface area (Å²) < 4.78 is 0. The van der Waals surface area contributed by atoms with E-state index in [1.54, 1.807) is 6.33 Å². The van der Waals surface area contributed by atoms with E-state index in [1.165, 1.54) is 24.0 Å². The van der Waals surface area contributed by atoms with Crippen molar-refractivity contribution >= 4 is 5.91 Å². The lowest BCUT2D eigenvalue weighted by Crippen LogP contribution is -2.53. The molecule has 1 aliphatic carbocycles. The van der Waals surface area contributed by atoms with Gasteiger partial charge in [0.2, 0.25) is 0 Å². The molecule has 24 heavy (non-hydrogen) atoms. The van der Waals surface area contributed by atoms with Gasteiger partial charge in [-0.15, -0.1) is 0 Å². The highest BCUT2D eigenvalue weighted by Gasteiger charge is 2.29. The number of hydrogen-bond donors (Lipinski definition) is 1. The van der Waals surface area contributed by atoms with E-state index in [0.717, 1.165) is 38.3 Å². The molecule has 5 heteroatoms. The maximum atomic E-state index is 12.6. The first-order chi connectivity index (χ1) is 11.7. The van der Waals surface area contributed by atoms with E-state index in [1.807, 2.05) is 11.8 Å². The van der Waals surface area contributed by atoms with Gasteiger partial charge in [-0.25, -0.2) is 4.98 Å². The molecule has 2 heterocycles. The lowest BCUT2D eigenvalue weighted by molar-refractivity contribution is 0.0547. The van der Waals surface area contributed by atoms with Crippen LogP contribution in [0.15, 0.2) is 30.6 Å². The van der Waals surface area contributed by atoms with Crippen molar-refractivity contribution in [2.24, 2.45) is 0 Å². The second kappa shape index (κ2) is 6.40. The van der Waals surface area contributed by atoms with E-state index in [4.69, 9.17) is 0 Å². The molecule has 1 amide bonds. The summed E-state index contributed by atoms with van der Waals surface area (Å²) in [6, 6.07) is 9.42. The molecular weight excluding hydrogens is 300 g/mol. The number of fused-ring (bicyclic) bond motifs is 1. The molecule has 0 bridgehead atoms. The Morgan fingerprint density at radius 2 is 1.92 bits per heavy atom. The smallest absolute Gasteiger partial charge is 0.274 e. The minimum atomic E-state index is 0.0578. The Bertz CT molecular complexity index is 730. The van der Waals surface area contributed by atoms with Gasteiger partial charge < -0.3 is 9.88 Å². The maximum absolute atomic E-state index is 12.6. The number of benzene rings is 1. The predicted molar refractivity (Wildman–Crippen MR) is 93.1 cm³/mol. The van der Waals surface area contributed by atoms with Crippen molar-refractivity contribution in [1.29, 1.82) is 0 Å². The van der Waals surface area contributed by atoms with Crippen LogP contribution in [0.4, 0.5) is 0 Å². The number of imidazole rings is 1. The van der Waals surface area contributed by atoms with Gasteiger partial charge in [-0.1, -0.05) is 24.3 Å². The lowest BCUT2D eigenvalue weighted by atomic mass is 9.87. The SMILES string of the molecule is Cc1[nH]cnc1C(=O)N1CCN([C@@H]2CCc3ccccc3C2)CC1. The molecule has 2 aromatic rings. The highest BCUT2D eigenvalue weighted by Crippen LogP contribution is 2.25. The van der Waals surface area contributed by atoms with Gasteiger partial charge in [0.15, 0.2) is 0 Å². The van der Waals surface area contributed by atoms with Crippen LogP contribution in [0.1, 0.15) is 33.7 Å². The van der Waals surface area contributed by atoms with E-state index in [2.05, 4.69) is 39.1 Å². The number of nitrogens with zero attached hydrogens (tertiary/aromatic N) is 3. The fraction of sp³-hybridized carbons (Fsp3) is 0.474. The third kappa shape index (κ3) is 2.84. The molecule has 0 radical (unpaired) electrons. The average Bonchev–Trinajstić information content (AvgIpc) is 3.07. The Hall–Kier alpha value is -2.14. The van der Waals surface area contributed by atoms with Crippen LogP contribution in [0, 0.1) is 6.92 Å². The summed E-state index contributed by atoms with van der Waals surface area (Å²) in [6.45, 7) is 5.41. The van der Waals surface area contributed by atoms with Crippen LogP contribution in [0.5, 0.6) is 0 Å². The van der Waals surface area contributed by atoms with Gasteiger partial charge in [0, 0.05) is 37.9 Å². The van der Waals surface area contributed by atoms with Crippen molar-refractivity contribution in [3.8, 4) is 0 Å². The Kier molecular flexibility index (Phi) is 4.10. The molecule has 1 aliphatic heterocycles. The van der Waals surface area contributed by atoms with Gasteiger partial charge in [0.1, 0.15) is 5.69 Å². The van der Waals surface area contributed by atoms with Gasteiger partial charge in [-0.2, -0.15) is 0 Å². The Labute approximate surface area is 142 Å². The van der Waals surface area contributed by atoms with E-state index in [9.17, 15) is 4.79 Å². The number of amides is 1. The van der Waals surface area contributed by atoms with Crippen LogP contribution in [0.3, 0.4) is 0 Å². The van der Waals surface area contributed by atoms with Gasteiger partial charge in [-0.3, -0.25) is 9.69 Å². The summed E-state index contributed by atoms with van der Waals surface area (Å²) >= 11 is 0. The average molecular weight is 324 g/mol. The molecule has 126 valence electrons. The molecule has 1 aromatic carbocycles. The minimum Gasteiger partial charge on any atom is -0.348 e. The van der Waals surface area contributed by atoms with Crippen LogP contribution in [0.25, 0.3) is 0 Å². The zero-order chi connectivity index (χ0) is 16.5. The van der Waals surface area contributed by atoms with Crippen molar-refractivity contribution in [3.63, 3.8) is 0 Å². The number of carbonyl (C=O) groups is 1. The highest BCUT2D eigenvalue weighted by molar-refractivity contribution is 5.93. The highest BCUT2D eigenvalue weighted by atomic mass is 16.2. The maximum Gasteiger partial charge on any atom is 0.274 e. The number of carbonyl (C=O) groups excluding carboxylic acids is 1. The molecule has 1 saturated heterocycles. The Balaban J connectivity index is 1.37. The van der Waals surface area contributed by atoms with Gasteiger partial charge in [-0.05, 0) is 37.3 Å². The fourth-order valence-electron chi connectivity index (χ4n) is 4.00. The quantitative estimate of drug-likeness (QED) is 0.920. The number of H-pyrrole nitrogens is 1. The number of hydrogen-bond acceptors (Lipinski definition) is 3. The van der Waals surface area contributed by atoms with Crippen molar-refractivity contribution in [1.82, 2.24) is 19.8 Å². The minimum absolute atomic E-state index is 0.0578. The summed E-state index contributed by atoms with van der Waals surface area (Å²) in [5.41, 5.74) is 4.43. The number of rotatable bonds is 2. The summed E-state index contributed by atoms with van der Waals surface area (Å²) in [5, 5.41) is 0. The number of nitrogens with one attached hydrogen (secondary N) is 1. The first-order valence-corrected chi connectivity index (χ1v) is 8.82. The monoisotopic (exact) mass is 324 g/mol. The standard InChI is InChI=1S/C19H24N4O/c1-14-18(21-13-20-14)19(24)23-10-8-22(9-11-23)17-7-6-15-4-2-3-5-16(15)12-17/h2-5,13,17H,6-12H2,1H3,(H,20,21)/t17-/m1/s1. The molecule has 4 rings (SSSR count). The zero-order valence-electron chi connectivity index (χ0n) is 14.2. The Morgan fingerprint density at radius 3 is 2.62 bits per heavy atom. The zero-order valence-corrected chi connectivity index (χ0v) is 14.2. The van der Waals surface area contributed by atoms with Crippen LogP contribution < -0.4 is 0 Å². The van der Waals surface area contributed by atoms with Crippen LogP contribution in [0.2, 0.25) is 0 Å². The molecule has 1 N–H and O–H groups in total. The van der Waals surface area contributed by atoms with Crippen molar-refractivity contribution in [3.05, 3.63) is 53.1 Å². The number of aromatic nitrogens is 2. The normalized spacial score (nSPS) is 21.5. The van der Waals surface area contributed by atoms with Crippen molar-refractivity contribution in [2.75, 3.05) is 26.2 Å². The molecule has 0 spiro atoms. The van der Waals surface area contributed by atoms with Gasteiger partial charge in [0.25, 0.3) is 5.91 Å². The second-order valence-corrected chi connectivity index (χ2v) is 6.87. The van der Waals surface area contributed by atoms with Crippen molar-refractivity contribution < 1.29 is 4.79 Å². The summed E-state index contributed by atoms with van der Waals surface area (Å²) in [5.74, 6) is 0.0578. The molecular formula is C19H24N4O. The second-order valence-electron chi connectivity index (χ2n) is 6.87. The molecule has 5 nitrogen and oxygen atoms in total. The first kappa shape index (κ1) is 15.4. The number of aromatic amines is 1. The first-order valence-electron chi connectivity index (χ1n) is 8.82. The number of aryl methyl sites for hydroxylation is 2. The fourth-order valence-corrected chi connectivity index (χ4v) is 4.00. The molecule has 0 saturated carbocycles. The summed E-state index contributed by atoms with van der Waals surface area (Å²) in [4.78, 5) is 24.2. The largest absolute Gasteiger partial charge is 0.348 e. The number of piperazine rings is 1. The molecule has 1 atom stereocenters. The van der Waals surface area contributed by atoms with E-state index in [-0.39, 0.29) is 5.91 Å². The topological polar surface area (TPSA) is 52.2 Å². The third-order valence-electron chi connectivity index (χ3n) is 5.47. The lowest BCUT2D eigenvalue weighted by Gasteiger charge is -2.41. The molecule has 1 aromatic heterocycles.